The number of rotatable bonds is 4. The van der Waals surface area contributed by atoms with E-state index in [2.05, 4.69) is 25.6 Å². The summed E-state index contributed by atoms with van der Waals surface area (Å²) in [5, 5.41) is 6.79. The van der Waals surface area contributed by atoms with E-state index in [1.165, 1.54) is 0 Å². The van der Waals surface area contributed by atoms with Crippen molar-refractivity contribution in [3.63, 3.8) is 0 Å². The van der Waals surface area contributed by atoms with Crippen molar-refractivity contribution in [1.82, 2.24) is 15.0 Å². The third kappa shape index (κ3) is 3.15. The number of hydrogen-bond donors (Lipinski definition) is 2. The highest BCUT2D eigenvalue weighted by molar-refractivity contribution is 6.33. The van der Waals surface area contributed by atoms with Gasteiger partial charge in [0, 0.05) is 19.3 Å². The highest BCUT2D eigenvalue weighted by Crippen LogP contribution is 2.26. The molecule has 0 aliphatic heterocycles. The van der Waals surface area contributed by atoms with Crippen LogP contribution in [0.15, 0.2) is 54.7 Å². The molecule has 3 aromatic rings. The van der Waals surface area contributed by atoms with Gasteiger partial charge in [-0.15, -0.1) is 0 Å². The Morgan fingerprint density at radius 2 is 1.77 bits per heavy atom. The lowest BCUT2D eigenvalue weighted by atomic mass is 10.2. The number of nitrogens with zero attached hydrogens (tertiary/aromatic N) is 3. The average molecular weight is 312 g/mol. The Kier molecular flexibility index (Phi) is 4.16. The van der Waals surface area contributed by atoms with E-state index in [4.69, 9.17) is 11.6 Å². The molecule has 0 bridgehead atoms. The first kappa shape index (κ1) is 14.3. The minimum Gasteiger partial charge on any atom is -0.357 e. The van der Waals surface area contributed by atoms with E-state index in [-0.39, 0.29) is 0 Å². The van der Waals surface area contributed by atoms with Crippen LogP contribution < -0.4 is 10.6 Å². The summed E-state index contributed by atoms with van der Waals surface area (Å²) >= 11 is 6.17. The lowest BCUT2D eigenvalue weighted by molar-refractivity contribution is 1.14. The van der Waals surface area contributed by atoms with Crippen molar-refractivity contribution in [1.29, 1.82) is 0 Å². The molecular weight excluding hydrogens is 298 g/mol. The van der Waals surface area contributed by atoms with Gasteiger partial charge in [-0.1, -0.05) is 29.8 Å². The van der Waals surface area contributed by atoms with Crippen LogP contribution in [-0.4, -0.2) is 22.0 Å². The van der Waals surface area contributed by atoms with Gasteiger partial charge < -0.3 is 10.6 Å². The third-order valence-corrected chi connectivity index (χ3v) is 3.34. The highest BCUT2D eigenvalue weighted by Gasteiger charge is 2.08. The molecule has 2 heterocycles. The van der Waals surface area contributed by atoms with Crippen LogP contribution in [-0.2, 0) is 0 Å². The molecule has 0 fully saturated rings. The molecule has 1 aromatic carbocycles. The zero-order valence-corrected chi connectivity index (χ0v) is 12.7. The van der Waals surface area contributed by atoms with E-state index in [1.807, 2.05) is 48.5 Å². The van der Waals surface area contributed by atoms with Gasteiger partial charge in [-0.05, 0) is 24.3 Å². The number of halogens is 1. The number of aromatic nitrogens is 3. The van der Waals surface area contributed by atoms with Gasteiger partial charge in [-0.25, -0.2) is 4.98 Å². The number of nitrogens with one attached hydrogen (secondary N) is 2. The molecule has 110 valence electrons. The molecule has 0 atom stereocenters. The van der Waals surface area contributed by atoms with Crippen molar-refractivity contribution in [2.45, 2.75) is 0 Å². The van der Waals surface area contributed by atoms with E-state index in [1.54, 1.807) is 13.2 Å². The Morgan fingerprint density at radius 3 is 2.50 bits per heavy atom. The number of para-hydroxylation sites is 1. The maximum atomic E-state index is 6.17. The van der Waals surface area contributed by atoms with E-state index >= 15 is 0 Å². The molecule has 3 rings (SSSR count). The van der Waals surface area contributed by atoms with E-state index < -0.39 is 0 Å². The van der Waals surface area contributed by atoms with Crippen molar-refractivity contribution in [2.75, 3.05) is 17.7 Å². The van der Waals surface area contributed by atoms with E-state index in [9.17, 15) is 0 Å². The maximum Gasteiger partial charge on any atom is 0.225 e. The third-order valence-electron chi connectivity index (χ3n) is 3.01. The summed E-state index contributed by atoms with van der Waals surface area (Å²) in [5.41, 5.74) is 2.30. The molecule has 2 N–H and O–H groups in total. The second kappa shape index (κ2) is 6.41. The molecule has 6 heteroatoms. The van der Waals surface area contributed by atoms with Crippen molar-refractivity contribution in [3.05, 3.63) is 59.8 Å². The minimum absolute atomic E-state index is 0.512. The van der Waals surface area contributed by atoms with Gasteiger partial charge in [0.1, 0.15) is 5.82 Å². The zero-order valence-electron chi connectivity index (χ0n) is 11.9. The SMILES string of the molecule is CNc1nc(Nc2ccccc2Cl)cc(-c2ccccn2)n1. The van der Waals surface area contributed by atoms with Gasteiger partial charge in [0.2, 0.25) is 5.95 Å². The predicted molar refractivity (Wildman–Crippen MR) is 89.5 cm³/mol. The van der Waals surface area contributed by atoms with Crippen LogP contribution in [0, 0.1) is 0 Å². The molecule has 0 unspecified atom stereocenters. The fourth-order valence-electron chi connectivity index (χ4n) is 1.97. The smallest absolute Gasteiger partial charge is 0.225 e. The Morgan fingerprint density at radius 1 is 0.955 bits per heavy atom. The average Bonchev–Trinajstić information content (AvgIpc) is 2.57. The predicted octanol–water partition coefficient (Wildman–Crippen LogP) is 3.98. The molecule has 2 aromatic heterocycles. The summed E-state index contributed by atoms with van der Waals surface area (Å²) in [4.78, 5) is 13.1. The summed E-state index contributed by atoms with van der Waals surface area (Å²) in [6.07, 6.45) is 1.73. The highest BCUT2D eigenvalue weighted by atomic mass is 35.5. The van der Waals surface area contributed by atoms with Crippen LogP contribution in [0.1, 0.15) is 0 Å². The molecule has 0 aliphatic carbocycles. The standard InChI is InChI=1S/C16H14ClN5/c1-18-16-21-14(13-8-4-5-9-19-13)10-15(22-16)20-12-7-3-2-6-11(12)17/h2-10H,1H3,(H2,18,20,21,22). The Labute approximate surface area is 133 Å². The van der Waals surface area contributed by atoms with Gasteiger partial charge in [0.05, 0.1) is 22.1 Å². The van der Waals surface area contributed by atoms with Gasteiger partial charge >= 0.3 is 0 Å². The molecule has 5 nitrogen and oxygen atoms in total. The molecular formula is C16H14ClN5. The van der Waals surface area contributed by atoms with E-state index in [0.717, 1.165) is 17.1 Å². The Bertz CT molecular complexity index is 776. The topological polar surface area (TPSA) is 62.7 Å². The monoisotopic (exact) mass is 311 g/mol. The number of pyridine rings is 1. The second-order valence-corrected chi connectivity index (χ2v) is 4.94. The normalized spacial score (nSPS) is 10.3. The quantitative estimate of drug-likeness (QED) is 0.763. The lowest BCUT2D eigenvalue weighted by Gasteiger charge is -2.10. The molecule has 0 radical (unpaired) electrons. The molecule has 0 saturated carbocycles. The summed E-state index contributed by atoms with van der Waals surface area (Å²) < 4.78 is 0. The Balaban J connectivity index is 2.00. The van der Waals surface area contributed by atoms with Crippen molar-refractivity contribution < 1.29 is 0 Å². The lowest BCUT2D eigenvalue weighted by Crippen LogP contribution is -2.02. The van der Waals surface area contributed by atoms with Crippen LogP contribution in [0.25, 0.3) is 11.4 Å². The summed E-state index contributed by atoms with van der Waals surface area (Å²) in [5.74, 6) is 1.16. The first-order valence-corrected chi connectivity index (χ1v) is 7.14. The molecule has 0 amide bonds. The fourth-order valence-corrected chi connectivity index (χ4v) is 2.15. The molecule has 0 spiro atoms. The van der Waals surface area contributed by atoms with Crippen LogP contribution >= 0.6 is 11.6 Å². The van der Waals surface area contributed by atoms with Gasteiger partial charge in [-0.3, -0.25) is 4.98 Å². The minimum atomic E-state index is 0.512. The summed E-state index contributed by atoms with van der Waals surface area (Å²) in [7, 11) is 1.77. The molecule has 0 saturated heterocycles. The summed E-state index contributed by atoms with van der Waals surface area (Å²) in [6.45, 7) is 0. The van der Waals surface area contributed by atoms with Crippen LogP contribution in [0.5, 0.6) is 0 Å². The second-order valence-electron chi connectivity index (χ2n) is 4.53. The van der Waals surface area contributed by atoms with Crippen molar-refractivity contribution >= 4 is 29.1 Å². The number of anilines is 3. The van der Waals surface area contributed by atoms with Gasteiger partial charge in [-0.2, -0.15) is 4.98 Å². The molecule has 0 aliphatic rings. The largest absolute Gasteiger partial charge is 0.357 e. The van der Waals surface area contributed by atoms with Crippen LogP contribution in [0.3, 0.4) is 0 Å². The number of benzene rings is 1. The van der Waals surface area contributed by atoms with Crippen LogP contribution in [0.4, 0.5) is 17.5 Å². The van der Waals surface area contributed by atoms with E-state index in [0.29, 0.717) is 16.8 Å². The van der Waals surface area contributed by atoms with Crippen molar-refractivity contribution in [2.24, 2.45) is 0 Å². The van der Waals surface area contributed by atoms with Gasteiger partial charge in [0.25, 0.3) is 0 Å². The first-order valence-electron chi connectivity index (χ1n) is 6.76. The van der Waals surface area contributed by atoms with Crippen LogP contribution in [0.2, 0.25) is 5.02 Å². The number of hydrogen-bond acceptors (Lipinski definition) is 5. The Hall–Kier alpha value is -2.66. The fraction of sp³-hybridized carbons (Fsp3) is 0.0625. The molecule has 22 heavy (non-hydrogen) atoms. The van der Waals surface area contributed by atoms with Crippen molar-refractivity contribution in [3.8, 4) is 11.4 Å². The maximum absolute atomic E-state index is 6.17. The first-order chi connectivity index (χ1) is 10.8. The zero-order chi connectivity index (χ0) is 15.4. The summed E-state index contributed by atoms with van der Waals surface area (Å²) in [6, 6.07) is 15.0. The van der Waals surface area contributed by atoms with Gasteiger partial charge in [0.15, 0.2) is 0 Å².